The molecule has 0 saturated carbocycles. The van der Waals surface area contributed by atoms with Gasteiger partial charge in [0, 0.05) is 18.7 Å². The first-order valence-corrected chi connectivity index (χ1v) is 7.01. The van der Waals surface area contributed by atoms with Crippen molar-refractivity contribution < 1.29 is 10.2 Å². The fourth-order valence-electron chi connectivity index (χ4n) is 2.15. The highest BCUT2D eigenvalue weighted by atomic mass is 16.3. The second-order valence-electron chi connectivity index (χ2n) is 6.18. The van der Waals surface area contributed by atoms with E-state index >= 15 is 0 Å². The molecule has 0 aromatic heterocycles. The van der Waals surface area contributed by atoms with Crippen LogP contribution in [0, 0.1) is 6.92 Å². The van der Waals surface area contributed by atoms with Crippen LogP contribution in [0.3, 0.4) is 0 Å². The van der Waals surface area contributed by atoms with Crippen LogP contribution >= 0.6 is 0 Å². The Kier molecular flexibility index (Phi) is 5.83. The van der Waals surface area contributed by atoms with E-state index in [1.165, 1.54) is 5.56 Å². The zero-order valence-electron chi connectivity index (χ0n) is 12.6. The summed E-state index contributed by atoms with van der Waals surface area (Å²) in [5, 5.41) is 22.4. The molecular weight excluding hydrogens is 238 g/mol. The fraction of sp³-hybridized carbons (Fsp3) is 0.625. The van der Waals surface area contributed by atoms with E-state index in [1.54, 1.807) is 0 Å². The van der Waals surface area contributed by atoms with Gasteiger partial charge in [-0.1, -0.05) is 38.5 Å². The van der Waals surface area contributed by atoms with Crippen molar-refractivity contribution in [3.05, 3.63) is 28.8 Å². The maximum Gasteiger partial charge on any atom is 0.123 e. The predicted molar refractivity (Wildman–Crippen MR) is 79.6 cm³/mol. The summed E-state index contributed by atoms with van der Waals surface area (Å²) in [4.78, 5) is 0. The van der Waals surface area contributed by atoms with Crippen LogP contribution in [0.5, 0.6) is 5.75 Å². The molecule has 0 fully saturated rings. The number of phenols is 1. The minimum absolute atomic E-state index is 0.0538. The minimum atomic E-state index is -0.0538. The van der Waals surface area contributed by atoms with Gasteiger partial charge in [-0.05, 0) is 37.3 Å². The van der Waals surface area contributed by atoms with Gasteiger partial charge in [-0.15, -0.1) is 0 Å². The molecule has 0 aliphatic carbocycles. The quantitative estimate of drug-likeness (QED) is 0.693. The smallest absolute Gasteiger partial charge is 0.123 e. The maximum absolute atomic E-state index is 10.4. The van der Waals surface area contributed by atoms with Crippen molar-refractivity contribution >= 4 is 0 Å². The molecular formula is C16H27NO2. The van der Waals surface area contributed by atoms with Gasteiger partial charge in [0.15, 0.2) is 0 Å². The van der Waals surface area contributed by atoms with Crippen LogP contribution in [-0.2, 0) is 12.0 Å². The lowest BCUT2D eigenvalue weighted by atomic mass is 9.84. The molecule has 0 spiro atoms. The minimum Gasteiger partial charge on any atom is -0.507 e. The third-order valence-corrected chi connectivity index (χ3v) is 3.22. The average molecular weight is 265 g/mol. The van der Waals surface area contributed by atoms with Crippen LogP contribution in [0.1, 0.15) is 50.3 Å². The number of rotatable bonds is 6. The number of aryl methyl sites for hydroxylation is 1. The van der Waals surface area contributed by atoms with Crippen LogP contribution in [0.2, 0.25) is 0 Å². The van der Waals surface area contributed by atoms with E-state index in [4.69, 9.17) is 5.11 Å². The van der Waals surface area contributed by atoms with Gasteiger partial charge in [-0.2, -0.15) is 0 Å². The van der Waals surface area contributed by atoms with Gasteiger partial charge in [0.2, 0.25) is 0 Å². The third-order valence-electron chi connectivity index (χ3n) is 3.22. The second-order valence-corrected chi connectivity index (χ2v) is 6.18. The number of hydrogen-bond donors (Lipinski definition) is 3. The van der Waals surface area contributed by atoms with Crippen LogP contribution in [0.4, 0.5) is 0 Å². The van der Waals surface area contributed by atoms with E-state index in [1.807, 2.05) is 6.07 Å². The first-order chi connectivity index (χ1) is 8.86. The average Bonchev–Trinajstić information content (AvgIpc) is 2.31. The Bertz CT molecular complexity index is 408. The molecule has 0 radical (unpaired) electrons. The molecule has 3 N–H and O–H groups in total. The SMILES string of the molecule is Cc1cc(CNCCCCO)c(O)c(C(C)(C)C)c1. The van der Waals surface area contributed by atoms with E-state index in [2.05, 4.69) is 39.1 Å². The van der Waals surface area contributed by atoms with Crippen molar-refractivity contribution in [1.82, 2.24) is 5.32 Å². The highest BCUT2D eigenvalue weighted by Crippen LogP contribution is 2.34. The van der Waals surface area contributed by atoms with E-state index in [9.17, 15) is 5.11 Å². The van der Waals surface area contributed by atoms with Crippen LogP contribution < -0.4 is 5.32 Å². The number of nitrogens with one attached hydrogen (secondary N) is 1. The van der Waals surface area contributed by atoms with Crippen LogP contribution in [0.15, 0.2) is 12.1 Å². The van der Waals surface area contributed by atoms with Crippen molar-refractivity contribution in [2.24, 2.45) is 0 Å². The molecule has 0 atom stereocenters. The number of benzene rings is 1. The van der Waals surface area contributed by atoms with Crippen molar-refractivity contribution in [3.8, 4) is 5.75 Å². The molecule has 1 aromatic rings. The Balaban J connectivity index is 2.76. The summed E-state index contributed by atoms with van der Waals surface area (Å²) in [6.07, 6.45) is 1.77. The van der Waals surface area contributed by atoms with E-state index in [-0.39, 0.29) is 12.0 Å². The first-order valence-electron chi connectivity index (χ1n) is 7.01. The molecule has 3 heteroatoms. The maximum atomic E-state index is 10.4. The van der Waals surface area contributed by atoms with Gasteiger partial charge in [-0.25, -0.2) is 0 Å². The molecule has 19 heavy (non-hydrogen) atoms. The standard InChI is InChI=1S/C16H27NO2/c1-12-9-13(11-17-7-5-6-8-18)15(19)14(10-12)16(2,3)4/h9-10,17-19H,5-8,11H2,1-4H3. The van der Waals surface area contributed by atoms with Crippen molar-refractivity contribution in [2.75, 3.05) is 13.2 Å². The summed E-state index contributed by atoms with van der Waals surface area (Å²) in [6, 6.07) is 4.09. The molecule has 0 heterocycles. The molecule has 1 aromatic carbocycles. The lowest BCUT2D eigenvalue weighted by Gasteiger charge is -2.23. The zero-order chi connectivity index (χ0) is 14.5. The lowest BCUT2D eigenvalue weighted by Crippen LogP contribution is -2.17. The highest BCUT2D eigenvalue weighted by Gasteiger charge is 2.20. The summed E-state index contributed by atoms with van der Waals surface area (Å²) >= 11 is 0. The summed E-state index contributed by atoms with van der Waals surface area (Å²) in [6.45, 7) is 10.2. The van der Waals surface area contributed by atoms with Gasteiger partial charge in [-0.3, -0.25) is 0 Å². The number of aliphatic hydroxyl groups excluding tert-OH is 1. The molecule has 0 aliphatic heterocycles. The van der Waals surface area contributed by atoms with Gasteiger partial charge < -0.3 is 15.5 Å². The van der Waals surface area contributed by atoms with E-state index in [0.29, 0.717) is 12.3 Å². The summed E-state index contributed by atoms with van der Waals surface area (Å²) < 4.78 is 0. The zero-order valence-corrected chi connectivity index (χ0v) is 12.6. The van der Waals surface area contributed by atoms with Crippen LogP contribution in [-0.4, -0.2) is 23.4 Å². The Labute approximate surface area is 116 Å². The third kappa shape index (κ3) is 4.84. The number of aliphatic hydroxyl groups is 1. The second kappa shape index (κ2) is 6.92. The molecule has 0 unspecified atom stereocenters. The summed E-state index contributed by atoms with van der Waals surface area (Å²) in [5.74, 6) is 0.410. The molecule has 108 valence electrons. The number of unbranched alkanes of at least 4 members (excludes halogenated alkanes) is 1. The van der Waals surface area contributed by atoms with Gasteiger partial charge >= 0.3 is 0 Å². The Morgan fingerprint density at radius 3 is 2.42 bits per heavy atom. The predicted octanol–water partition coefficient (Wildman–Crippen LogP) is 2.86. The Hall–Kier alpha value is -1.06. The number of hydrogen-bond acceptors (Lipinski definition) is 3. The van der Waals surface area contributed by atoms with Gasteiger partial charge in [0.05, 0.1) is 0 Å². The molecule has 3 nitrogen and oxygen atoms in total. The van der Waals surface area contributed by atoms with Crippen LogP contribution in [0.25, 0.3) is 0 Å². The highest BCUT2D eigenvalue weighted by molar-refractivity contribution is 5.46. The van der Waals surface area contributed by atoms with E-state index < -0.39 is 0 Å². The number of aromatic hydroxyl groups is 1. The van der Waals surface area contributed by atoms with Gasteiger partial charge in [0.1, 0.15) is 5.75 Å². The van der Waals surface area contributed by atoms with Crippen molar-refractivity contribution in [1.29, 1.82) is 0 Å². The summed E-state index contributed by atoms with van der Waals surface area (Å²) in [5.41, 5.74) is 3.07. The monoisotopic (exact) mass is 265 g/mol. The Morgan fingerprint density at radius 1 is 1.16 bits per heavy atom. The Morgan fingerprint density at radius 2 is 1.84 bits per heavy atom. The molecule has 0 amide bonds. The first kappa shape index (κ1) is 16.0. The molecule has 0 saturated heterocycles. The summed E-state index contributed by atoms with van der Waals surface area (Å²) in [7, 11) is 0. The molecule has 0 bridgehead atoms. The fourth-order valence-corrected chi connectivity index (χ4v) is 2.15. The lowest BCUT2D eigenvalue weighted by molar-refractivity contribution is 0.283. The van der Waals surface area contributed by atoms with E-state index in [0.717, 1.165) is 30.5 Å². The largest absolute Gasteiger partial charge is 0.507 e. The normalized spacial score (nSPS) is 11.8. The topological polar surface area (TPSA) is 52.5 Å². The number of phenolic OH excluding ortho intramolecular Hbond substituents is 1. The molecule has 0 aliphatic rings. The molecule has 1 rings (SSSR count). The van der Waals surface area contributed by atoms with Gasteiger partial charge in [0.25, 0.3) is 0 Å². The van der Waals surface area contributed by atoms with Crippen molar-refractivity contribution in [3.63, 3.8) is 0 Å². The van der Waals surface area contributed by atoms with Crippen molar-refractivity contribution in [2.45, 2.75) is 52.5 Å².